The van der Waals surface area contributed by atoms with E-state index in [1.807, 2.05) is 6.07 Å². The smallest absolute Gasteiger partial charge is 0.231 e. The number of fused-ring (bicyclic) bond motifs is 1. The van der Waals surface area contributed by atoms with E-state index in [0.717, 1.165) is 11.3 Å². The van der Waals surface area contributed by atoms with Crippen LogP contribution in [0.25, 0.3) is 11.3 Å². The normalized spacial score (nSPS) is 12.8. The number of hydrogen-bond acceptors (Lipinski definition) is 5. The number of nitrogens with two attached hydrogens (primary N) is 1. The van der Waals surface area contributed by atoms with Gasteiger partial charge >= 0.3 is 0 Å². The number of rotatable bonds is 2. The van der Waals surface area contributed by atoms with Crippen LogP contribution in [-0.4, -0.2) is 24.1 Å². The van der Waals surface area contributed by atoms with Crippen LogP contribution in [0, 0.1) is 0 Å². The van der Waals surface area contributed by atoms with E-state index in [2.05, 4.69) is 26.1 Å². The van der Waals surface area contributed by atoms with Crippen molar-refractivity contribution in [3.63, 3.8) is 0 Å². The third kappa shape index (κ3) is 1.59. The molecule has 6 nitrogen and oxygen atoms in total. The zero-order valence-electron chi connectivity index (χ0n) is 9.49. The van der Waals surface area contributed by atoms with E-state index in [1.54, 1.807) is 13.2 Å². The minimum Gasteiger partial charge on any atom is -0.495 e. The summed E-state index contributed by atoms with van der Waals surface area (Å²) in [5, 5.41) is 6.74. The zero-order valence-corrected chi connectivity index (χ0v) is 11.1. The Labute approximate surface area is 111 Å². The predicted molar refractivity (Wildman–Crippen MR) is 68.8 cm³/mol. The van der Waals surface area contributed by atoms with Crippen LogP contribution in [0.15, 0.2) is 16.6 Å². The van der Waals surface area contributed by atoms with Gasteiger partial charge in [-0.05, 0) is 22.0 Å². The first kappa shape index (κ1) is 11.2. The van der Waals surface area contributed by atoms with Crippen LogP contribution in [-0.2, 0) is 0 Å². The lowest BCUT2D eigenvalue weighted by Gasteiger charge is -2.11. The van der Waals surface area contributed by atoms with E-state index in [1.165, 1.54) is 0 Å². The third-order valence-electron chi connectivity index (χ3n) is 2.65. The SMILES string of the molecule is COc1c(-c2cc(N)n[nH]2)cc2c(c1Br)OCO2. The fraction of sp³-hybridized carbons (Fsp3) is 0.182. The Morgan fingerprint density at radius 2 is 2.28 bits per heavy atom. The molecule has 0 bridgehead atoms. The number of aromatic nitrogens is 2. The number of ether oxygens (including phenoxy) is 3. The van der Waals surface area contributed by atoms with Crippen molar-refractivity contribution >= 4 is 21.7 Å². The average molecular weight is 312 g/mol. The van der Waals surface area contributed by atoms with Gasteiger partial charge in [-0.15, -0.1) is 0 Å². The molecule has 0 amide bonds. The fourth-order valence-electron chi connectivity index (χ4n) is 1.86. The number of hydrogen-bond donors (Lipinski definition) is 2. The van der Waals surface area contributed by atoms with Gasteiger partial charge in [0.2, 0.25) is 6.79 Å². The van der Waals surface area contributed by atoms with Crippen molar-refractivity contribution in [3.8, 4) is 28.5 Å². The van der Waals surface area contributed by atoms with Crippen LogP contribution >= 0.6 is 15.9 Å². The summed E-state index contributed by atoms with van der Waals surface area (Å²) in [4.78, 5) is 0. The second-order valence-electron chi connectivity index (χ2n) is 3.71. The predicted octanol–water partition coefficient (Wildman–Crippen LogP) is 2.16. The molecule has 2 aromatic rings. The maximum absolute atomic E-state index is 5.61. The maximum Gasteiger partial charge on any atom is 0.231 e. The van der Waals surface area contributed by atoms with Crippen molar-refractivity contribution in [1.29, 1.82) is 0 Å². The Bertz CT molecular complexity index is 612. The highest BCUT2D eigenvalue weighted by Crippen LogP contribution is 2.49. The Balaban J connectivity index is 2.23. The minimum atomic E-state index is 0.200. The van der Waals surface area contributed by atoms with E-state index in [9.17, 15) is 0 Å². The number of benzene rings is 1. The van der Waals surface area contributed by atoms with Gasteiger partial charge in [-0.2, -0.15) is 5.10 Å². The average Bonchev–Trinajstić information content (AvgIpc) is 2.97. The molecule has 3 N–H and O–H groups in total. The van der Waals surface area contributed by atoms with Gasteiger partial charge in [0.05, 0.1) is 12.8 Å². The number of nitrogen functional groups attached to an aromatic ring is 1. The van der Waals surface area contributed by atoms with Gasteiger partial charge in [0.25, 0.3) is 0 Å². The van der Waals surface area contributed by atoms with E-state index in [0.29, 0.717) is 27.5 Å². The molecule has 0 aliphatic carbocycles. The molecule has 1 aromatic carbocycles. The number of H-pyrrole nitrogens is 1. The number of aromatic amines is 1. The van der Waals surface area contributed by atoms with Gasteiger partial charge in [0.1, 0.15) is 16.0 Å². The molecule has 0 fully saturated rings. The van der Waals surface area contributed by atoms with Crippen molar-refractivity contribution in [2.45, 2.75) is 0 Å². The quantitative estimate of drug-likeness (QED) is 0.888. The third-order valence-corrected chi connectivity index (χ3v) is 3.37. The van der Waals surface area contributed by atoms with E-state index in [-0.39, 0.29) is 6.79 Å². The fourth-order valence-corrected chi connectivity index (χ4v) is 2.55. The first-order valence-electron chi connectivity index (χ1n) is 5.18. The van der Waals surface area contributed by atoms with Crippen LogP contribution in [0.3, 0.4) is 0 Å². The number of nitrogens with zero attached hydrogens (tertiary/aromatic N) is 1. The van der Waals surface area contributed by atoms with Crippen LogP contribution in [0.5, 0.6) is 17.2 Å². The van der Waals surface area contributed by atoms with Crippen molar-refractivity contribution in [3.05, 3.63) is 16.6 Å². The zero-order chi connectivity index (χ0) is 12.7. The summed E-state index contributed by atoms with van der Waals surface area (Å²) < 4.78 is 16.8. The minimum absolute atomic E-state index is 0.200. The number of halogens is 1. The highest BCUT2D eigenvalue weighted by Gasteiger charge is 2.24. The molecular weight excluding hydrogens is 302 g/mol. The molecule has 1 aliphatic heterocycles. The molecule has 0 radical (unpaired) electrons. The second-order valence-corrected chi connectivity index (χ2v) is 4.50. The molecule has 1 aliphatic rings. The number of methoxy groups -OCH3 is 1. The topological polar surface area (TPSA) is 82.4 Å². The Kier molecular flexibility index (Phi) is 2.55. The van der Waals surface area contributed by atoms with Gasteiger partial charge in [-0.3, -0.25) is 5.10 Å². The molecule has 0 saturated carbocycles. The summed E-state index contributed by atoms with van der Waals surface area (Å²) in [5.41, 5.74) is 7.16. The van der Waals surface area contributed by atoms with Crippen LogP contribution < -0.4 is 19.9 Å². The maximum atomic E-state index is 5.61. The van der Waals surface area contributed by atoms with Crippen LogP contribution in [0.1, 0.15) is 0 Å². The largest absolute Gasteiger partial charge is 0.495 e. The van der Waals surface area contributed by atoms with Crippen LogP contribution in [0.2, 0.25) is 0 Å². The second kappa shape index (κ2) is 4.09. The molecule has 1 aromatic heterocycles. The molecular formula is C11H10BrN3O3. The van der Waals surface area contributed by atoms with Gasteiger partial charge < -0.3 is 19.9 Å². The highest BCUT2D eigenvalue weighted by molar-refractivity contribution is 9.10. The summed E-state index contributed by atoms with van der Waals surface area (Å²) in [5.74, 6) is 2.36. The van der Waals surface area contributed by atoms with Gasteiger partial charge in [-0.25, -0.2) is 0 Å². The van der Waals surface area contributed by atoms with Crippen molar-refractivity contribution in [1.82, 2.24) is 10.2 Å². The summed E-state index contributed by atoms with van der Waals surface area (Å²) in [7, 11) is 1.59. The standard InChI is InChI=1S/C11H10BrN3O3/c1-16-10-5(6-3-8(13)15-14-6)2-7-11(9(10)12)18-4-17-7/h2-3H,4H2,1H3,(H3,13,14,15). The lowest BCUT2D eigenvalue weighted by Crippen LogP contribution is -1.93. The molecule has 94 valence electrons. The molecule has 0 saturated heterocycles. The first-order chi connectivity index (χ1) is 8.70. The van der Waals surface area contributed by atoms with Gasteiger partial charge in [-0.1, -0.05) is 0 Å². The van der Waals surface area contributed by atoms with Crippen molar-refractivity contribution < 1.29 is 14.2 Å². The van der Waals surface area contributed by atoms with Gasteiger partial charge in [0.15, 0.2) is 11.5 Å². The summed E-state index contributed by atoms with van der Waals surface area (Å²) >= 11 is 3.45. The molecule has 2 heterocycles. The number of anilines is 1. The van der Waals surface area contributed by atoms with Gasteiger partial charge in [0, 0.05) is 11.6 Å². The monoisotopic (exact) mass is 311 g/mol. The first-order valence-corrected chi connectivity index (χ1v) is 5.97. The van der Waals surface area contributed by atoms with Crippen molar-refractivity contribution in [2.24, 2.45) is 0 Å². The Morgan fingerprint density at radius 1 is 1.44 bits per heavy atom. The highest BCUT2D eigenvalue weighted by atomic mass is 79.9. The number of nitrogens with one attached hydrogen (secondary N) is 1. The Morgan fingerprint density at radius 3 is 2.94 bits per heavy atom. The van der Waals surface area contributed by atoms with Crippen LogP contribution in [0.4, 0.5) is 5.82 Å². The lowest BCUT2D eigenvalue weighted by molar-refractivity contribution is 0.173. The molecule has 0 unspecified atom stereocenters. The van der Waals surface area contributed by atoms with Crippen molar-refractivity contribution in [2.75, 3.05) is 19.6 Å². The molecule has 18 heavy (non-hydrogen) atoms. The summed E-state index contributed by atoms with van der Waals surface area (Å²) in [6, 6.07) is 3.56. The molecule has 3 rings (SSSR count). The van der Waals surface area contributed by atoms with E-state index >= 15 is 0 Å². The molecule has 7 heteroatoms. The molecule has 0 spiro atoms. The summed E-state index contributed by atoms with van der Waals surface area (Å²) in [6.45, 7) is 0.200. The van der Waals surface area contributed by atoms with E-state index in [4.69, 9.17) is 19.9 Å². The Hall–Kier alpha value is -1.89. The molecule has 0 atom stereocenters. The summed E-state index contributed by atoms with van der Waals surface area (Å²) in [6.07, 6.45) is 0. The lowest BCUT2D eigenvalue weighted by atomic mass is 10.1. The van der Waals surface area contributed by atoms with E-state index < -0.39 is 0 Å².